The molecule has 0 aromatic carbocycles. The van der Waals surface area contributed by atoms with Crippen LogP contribution in [0.4, 0.5) is 0 Å². The Morgan fingerprint density at radius 3 is 2.92 bits per heavy atom. The maximum Gasteiger partial charge on any atom is 0.162 e. The number of hydrogen-bond acceptors (Lipinski definition) is 2. The highest BCUT2D eigenvalue weighted by Crippen LogP contribution is 2.35. The van der Waals surface area contributed by atoms with Crippen LogP contribution in [0.5, 0.6) is 0 Å². The van der Waals surface area contributed by atoms with Gasteiger partial charge in [-0.1, -0.05) is 6.58 Å². The minimum atomic E-state index is 0.0621. The molecule has 0 fully saturated rings. The standard InChI is InChI=1S/C11H14O2/c1-7(2)11-6-8-9(12)4-3-5-10(8)13-11/h11H,1,3-6H2,2H3. The molecule has 1 atom stereocenters. The Hall–Kier alpha value is -1.05. The number of carbonyl (C=O) groups excluding carboxylic acids is 1. The maximum absolute atomic E-state index is 11.5. The van der Waals surface area contributed by atoms with Crippen molar-refractivity contribution < 1.29 is 9.53 Å². The second-order valence-corrected chi connectivity index (χ2v) is 3.84. The Bertz CT molecular complexity index is 299. The molecular weight excluding hydrogens is 164 g/mol. The van der Waals surface area contributed by atoms with E-state index < -0.39 is 0 Å². The Balaban J connectivity index is 2.18. The van der Waals surface area contributed by atoms with Gasteiger partial charge < -0.3 is 4.74 Å². The molecule has 2 nitrogen and oxygen atoms in total. The van der Waals surface area contributed by atoms with E-state index in [1.165, 1.54) is 0 Å². The lowest BCUT2D eigenvalue weighted by Gasteiger charge is -2.13. The fraction of sp³-hybridized carbons (Fsp3) is 0.545. The summed E-state index contributed by atoms with van der Waals surface area (Å²) in [5, 5.41) is 0. The fourth-order valence-electron chi connectivity index (χ4n) is 1.90. The van der Waals surface area contributed by atoms with E-state index in [1.54, 1.807) is 0 Å². The first-order valence-corrected chi connectivity index (χ1v) is 4.76. The van der Waals surface area contributed by atoms with Crippen molar-refractivity contribution in [2.24, 2.45) is 0 Å². The zero-order valence-corrected chi connectivity index (χ0v) is 7.93. The minimum absolute atomic E-state index is 0.0621. The molecule has 0 bridgehead atoms. The van der Waals surface area contributed by atoms with Crippen molar-refractivity contribution in [2.45, 2.75) is 38.7 Å². The van der Waals surface area contributed by atoms with Gasteiger partial charge in [0.25, 0.3) is 0 Å². The fourth-order valence-corrected chi connectivity index (χ4v) is 1.90. The summed E-state index contributed by atoms with van der Waals surface area (Å²) in [6.45, 7) is 5.81. The first kappa shape index (κ1) is 8.54. The molecule has 0 saturated heterocycles. The molecule has 1 heterocycles. The van der Waals surface area contributed by atoms with Crippen LogP contribution in [0.25, 0.3) is 0 Å². The molecule has 0 aromatic heterocycles. The SMILES string of the molecule is C=C(C)C1CC2=C(CCCC2=O)O1. The number of rotatable bonds is 1. The van der Waals surface area contributed by atoms with Gasteiger partial charge in [0.05, 0.1) is 0 Å². The van der Waals surface area contributed by atoms with Crippen molar-refractivity contribution in [3.8, 4) is 0 Å². The highest BCUT2D eigenvalue weighted by Gasteiger charge is 2.32. The number of carbonyl (C=O) groups is 1. The summed E-state index contributed by atoms with van der Waals surface area (Å²) in [7, 11) is 0. The van der Waals surface area contributed by atoms with Gasteiger partial charge in [0.1, 0.15) is 11.9 Å². The molecule has 13 heavy (non-hydrogen) atoms. The molecule has 1 unspecified atom stereocenters. The van der Waals surface area contributed by atoms with Gasteiger partial charge in [-0.05, 0) is 18.9 Å². The number of Topliss-reactive ketones (excluding diaryl/α,β-unsaturated/α-hetero) is 1. The minimum Gasteiger partial charge on any atom is -0.490 e. The van der Waals surface area contributed by atoms with Crippen LogP contribution >= 0.6 is 0 Å². The third-order valence-electron chi connectivity index (χ3n) is 2.70. The van der Waals surface area contributed by atoms with E-state index in [0.717, 1.165) is 36.2 Å². The normalized spacial score (nSPS) is 27.2. The van der Waals surface area contributed by atoms with Gasteiger partial charge in [-0.25, -0.2) is 0 Å². The third-order valence-corrected chi connectivity index (χ3v) is 2.70. The average Bonchev–Trinajstić information content (AvgIpc) is 2.49. The number of allylic oxidation sites excluding steroid dienone is 1. The summed E-state index contributed by atoms with van der Waals surface area (Å²) in [5.74, 6) is 1.22. The predicted molar refractivity (Wildman–Crippen MR) is 50.2 cm³/mol. The van der Waals surface area contributed by atoms with Crippen molar-refractivity contribution in [3.05, 3.63) is 23.5 Å². The second-order valence-electron chi connectivity index (χ2n) is 3.84. The van der Waals surface area contributed by atoms with E-state index in [4.69, 9.17) is 4.74 Å². The summed E-state index contributed by atoms with van der Waals surface area (Å²) in [5.41, 5.74) is 1.95. The van der Waals surface area contributed by atoms with Crippen molar-refractivity contribution in [1.82, 2.24) is 0 Å². The van der Waals surface area contributed by atoms with Crippen molar-refractivity contribution in [1.29, 1.82) is 0 Å². The number of ether oxygens (including phenoxy) is 1. The van der Waals surface area contributed by atoms with Gasteiger partial charge in [-0.2, -0.15) is 0 Å². The average molecular weight is 178 g/mol. The monoisotopic (exact) mass is 178 g/mol. The molecule has 2 rings (SSSR count). The van der Waals surface area contributed by atoms with Crippen LogP contribution in [0.2, 0.25) is 0 Å². The molecule has 2 aliphatic rings. The lowest BCUT2D eigenvalue weighted by molar-refractivity contribution is -0.116. The van der Waals surface area contributed by atoms with Crippen molar-refractivity contribution in [2.75, 3.05) is 0 Å². The zero-order valence-electron chi connectivity index (χ0n) is 7.93. The highest BCUT2D eigenvalue weighted by molar-refractivity contribution is 5.97. The first-order valence-electron chi connectivity index (χ1n) is 4.76. The molecule has 0 saturated carbocycles. The third kappa shape index (κ3) is 1.41. The van der Waals surface area contributed by atoms with Crippen LogP contribution < -0.4 is 0 Å². The molecule has 0 spiro atoms. The smallest absolute Gasteiger partial charge is 0.162 e. The van der Waals surface area contributed by atoms with E-state index >= 15 is 0 Å². The van der Waals surface area contributed by atoms with Gasteiger partial charge in [-0.3, -0.25) is 4.79 Å². The Kier molecular flexibility index (Phi) is 1.98. The lowest BCUT2D eigenvalue weighted by atomic mass is 9.94. The highest BCUT2D eigenvalue weighted by atomic mass is 16.5. The molecule has 2 heteroatoms. The van der Waals surface area contributed by atoms with Crippen LogP contribution in [-0.2, 0) is 9.53 Å². The van der Waals surface area contributed by atoms with Crippen LogP contribution in [0.3, 0.4) is 0 Å². The number of hydrogen-bond donors (Lipinski definition) is 0. The zero-order chi connectivity index (χ0) is 9.42. The van der Waals surface area contributed by atoms with E-state index in [2.05, 4.69) is 6.58 Å². The molecular formula is C11H14O2. The van der Waals surface area contributed by atoms with Crippen LogP contribution in [-0.4, -0.2) is 11.9 Å². The van der Waals surface area contributed by atoms with Crippen LogP contribution in [0, 0.1) is 0 Å². The topological polar surface area (TPSA) is 26.3 Å². The lowest BCUT2D eigenvalue weighted by Crippen LogP contribution is -2.08. The van der Waals surface area contributed by atoms with E-state index in [1.807, 2.05) is 6.92 Å². The Morgan fingerprint density at radius 1 is 1.54 bits per heavy atom. The largest absolute Gasteiger partial charge is 0.490 e. The van der Waals surface area contributed by atoms with Gasteiger partial charge in [-0.15, -0.1) is 0 Å². The molecule has 0 radical (unpaired) electrons. The molecule has 1 aliphatic carbocycles. The summed E-state index contributed by atoms with van der Waals surface area (Å²) in [6, 6.07) is 0. The van der Waals surface area contributed by atoms with Crippen molar-refractivity contribution >= 4 is 5.78 Å². The maximum atomic E-state index is 11.5. The Morgan fingerprint density at radius 2 is 2.31 bits per heavy atom. The van der Waals surface area contributed by atoms with Crippen molar-refractivity contribution in [3.63, 3.8) is 0 Å². The summed E-state index contributed by atoms with van der Waals surface area (Å²) in [6.07, 6.45) is 3.40. The molecule has 1 aliphatic heterocycles. The van der Waals surface area contributed by atoms with E-state index in [9.17, 15) is 4.79 Å². The molecule has 0 amide bonds. The summed E-state index contributed by atoms with van der Waals surface area (Å²) < 4.78 is 5.66. The Labute approximate surface area is 78.3 Å². The van der Waals surface area contributed by atoms with Gasteiger partial charge in [0.15, 0.2) is 5.78 Å². The number of ketones is 1. The molecule has 70 valence electrons. The van der Waals surface area contributed by atoms with E-state index in [-0.39, 0.29) is 11.9 Å². The van der Waals surface area contributed by atoms with Crippen LogP contribution in [0.1, 0.15) is 32.6 Å². The van der Waals surface area contributed by atoms with Gasteiger partial charge in [0.2, 0.25) is 0 Å². The second kappa shape index (κ2) is 3.02. The predicted octanol–water partition coefficient (Wildman–Crippen LogP) is 2.36. The summed E-state index contributed by atoms with van der Waals surface area (Å²) in [4.78, 5) is 11.5. The molecule has 0 aromatic rings. The van der Waals surface area contributed by atoms with Gasteiger partial charge in [0, 0.05) is 24.8 Å². The van der Waals surface area contributed by atoms with E-state index in [0.29, 0.717) is 6.42 Å². The first-order chi connectivity index (χ1) is 6.18. The summed E-state index contributed by atoms with van der Waals surface area (Å²) >= 11 is 0. The van der Waals surface area contributed by atoms with Gasteiger partial charge >= 0.3 is 0 Å². The quantitative estimate of drug-likeness (QED) is 0.576. The van der Waals surface area contributed by atoms with Crippen LogP contribution in [0.15, 0.2) is 23.5 Å². The molecule has 0 N–H and O–H groups in total.